The molecule has 3 aromatic rings. The lowest BCUT2D eigenvalue weighted by Crippen LogP contribution is -2.37. The maximum Gasteiger partial charge on any atom is 0.261 e. The summed E-state index contributed by atoms with van der Waals surface area (Å²) in [5.74, 6) is -0.428. The molecule has 0 bridgehead atoms. The molecule has 3 rings (SSSR count). The number of rotatable bonds is 6. The standard InChI is InChI=1S/C19H17ClN4O4/c1-28-16-7-6-12(8-14(16)20)23-17(25)9-21-18(26)10-24-11-22-15-5-3-2-4-13(15)19(24)27/h2-8,11H,9-10H2,1H3,(H,21,26)(H,23,25). The molecule has 0 saturated carbocycles. The zero-order valence-electron chi connectivity index (χ0n) is 14.9. The van der Waals surface area contributed by atoms with Crippen LogP contribution < -0.4 is 20.9 Å². The maximum absolute atomic E-state index is 12.4. The monoisotopic (exact) mass is 400 g/mol. The third-order valence-corrected chi connectivity index (χ3v) is 4.22. The molecule has 28 heavy (non-hydrogen) atoms. The molecule has 0 unspecified atom stereocenters. The zero-order chi connectivity index (χ0) is 20.1. The van der Waals surface area contributed by atoms with Crippen LogP contribution in [0.25, 0.3) is 10.9 Å². The van der Waals surface area contributed by atoms with Gasteiger partial charge >= 0.3 is 0 Å². The van der Waals surface area contributed by atoms with E-state index in [-0.39, 0.29) is 18.6 Å². The van der Waals surface area contributed by atoms with Crippen molar-refractivity contribution in [1.29, 1.82) is 0 Å². The van der Waals surface area contributed by atoms with Gasteiger partial charge in [-0.25, -0.2) is 4.98 Å². The summed E-state index contributed by atoms with van der Waals surface area (Å²) >= 11 is 6.00. The van der Waals surface area contributed by atoms with Crippen LogP contribution in [-0.4, -0.2) is 35.0 Å². The Labute approximate surface area is 165 Å². The quantitative estimate of drug-likeness (QED) is 0.657. The first-order valence-corrected chi connectivity index (χ1v) is 8.70. The van der Waals surface area contributed by atoms with Crippen LogP contribution in [0.1, 0.15) is 0 Å². The second-order valence-corrected chi connectivity index (χ2v) is 6.28. The fourth-order valence-corrected chi connectivity index (χ4v) is 2.82. The van der Waals surface area contributed by atoms with Crippen molar-refractivity contribution in [1.82, 2.24) is 14.9 Å². The first-order valence-electron chi connectivity index (χ1n) is 8.32. The van der Waals surface area contributed by atoms with Crippen molar-refractivity contribution in [3.8, 4) is 5.75 Å². The maximum atomic E-state index is 12.4. The molecule has 0 aliphatic carbocycles. The van der Waals surface area contributed by atoms with Gasteiger partial charge < -0.3 is 15.4 Å². The number of hydrogen-bond donors (Lipinski definition) is 2. The number of hydrogen-bond acceptors (Lipinski definition) is 5. The molecule has 2 N–H and O–H groups in total. The second kappa shape index (κ2) is 8.53. The topological polar surface area (TPSA) is 102 Å². The van der Waals surface area contributed by atoms with Crippen LogP contribution in [0.3, 0.4) is 0 Å². The van der Waals surface area contributed by atoms with E-state index in [0.29, 0.717) is 27.4 Å². The molecule has 0 spiro atoms. The summed E-state index contributed by atoms with van der Waals surface area (Å²) in [5, 5.41) is 5.86. The van der Waals surface area contributed by atoms with Gasteiger partial charge in [0.25, 0.3) is 5.56 Å². The molecular formula is C19H17ClN4O4. The molecule has 0 saturated heterocycles. The number of ether oxygens (including phenoxy) is 1. The largest absolute Gasteiger partial charge is 0.495 e. The molecule has 1 heterocycles. The van der Waals surface area contributed by atoms with Crippen molar-refractivity contribution >= 4 is 40.0 Å². The van der Waals surface area contributed by atoms with E-state index in [2.05, 4.69) is 15.6 Å². The molecular weight excluding hydrogens is 384 g/mol. The Bertz CT molecular complexity index is 1100. The van der Waals surface area contributed by atoms with Crippen LogP contribution >= 0.6 is 11.6 Å². The summed E-state index contributed by atoms with van der Waals surface area (Å²) in [7, 11) is 1.49. The summed E-state index contributed by atoms with van der Waals surface area (Å²) in [5.41, 5.74) is 0.708. The van der Waals surface area contributed by atoms with Crippen molar-refractivity contribution in [3.63, 3.8) is 0 Å². The molecule has 0 atom stereocenters. The van der Waals surface area contributed by atoms with Gasteiger partial charge in [0.05, 0.1) is 35.9 Å². The number of fused-ring (bicyclic) bond motifs is 1. The van der Waals surface area contributed by atoms with E-state index in [1.165, 1.54) is 18.0 Å². The Balaban J connectivity index is 1.57. The molecule has 0 radical (unpaired) electrons. The predicted octanol–water partition coefficient (Wildman–Crippen LogP) is 1.81. The number of nitrogens with zero attached hydrogens (tertiary/aromatic N) is 2. The number of aromatic nitrogens is 2. The van der Waals surface area contributed by atoms with Gasteiger partial charge in [0.2, 0.25) is 11.8 Å². The molecule has 9 heteroatoms. The average Bonchev–Trinajstić information content (AvgIpc) is 2.69. The third-order valence-electron chi connectivity index (χ3n) is 3.93. The number of anilines is 1. The van der Waals surface area contributed by atoms with Crippen LogP contribution in [0.5, 0.6) is 5.75 Å². The summed E-state index contributed by atoms with van der Waals surface area (Å²) in [6, 6.07) is 11.7. The molecule has 8 nitrogen and oxygen atoms in total. The SMILES string of the molecule is COc1ccc(NC(=O)CNC(=O)Cn2cnc3ccccc3c2=O)cc1Cl. The minimum absolute atomic E-state index is 0.238. The molecule has 0 aliphatic rings. The van der Waals surface area contributed by atoms with Gasteiger partial charge in [-0.05, 0) is 30.3 Å². The third kappa shape index (κ3) is 4.47. The Morgan fingerprint density at radius 2 is 1.96 bits per heavy atom. The normalized spacial score (nSPS) is 10.5. The molecule has 2 amide bonds. The van der Waals surface area contributed by atoms with E-state index in [9.17, 15) is 14.4 Å². The summed E-state index contributed by atoms with van der Waals surface area (Å²) in [6.07, 6.45) is 1.31. The Morgan fingerprint density at radius 1 is 1.18 bits per heavy atom. The first kappa shape index (κ1) is 19.4. The Kier molecular flexibility index (Phi) is 5.90. The number of carbonyl (C=O) groups is 2. The molecule has 0 aliphatic heterocycles. The van der Waals surface area contributed by atoms with E-state index < -0.39 is 11.8 Å². The van der Waals surface area contributed by atoms with Crippen LogP contribution in [0.15, 0.2) is 53.6 Å². The fourth-order valence-electron chi connectivity index (χ4n) is 2.56. The summed E-state index contributed by atoms with van der Waals surface area (Å²) in [4.78, 5) is 40.6. The lowest BCUT2D eigenvalue weighted by molar-refractivity contribution is -0.124. The van der Waals surface area contributed by atoms with E-state index in [1.54, 1.807) is 42.5 Å². The van der Waals surface area contributed by atoms with Gasteiger partial charge in [-0.2, -0.15) is 0 Å². The van der Waals surface area contributed by atoms with Crippen LogP contribution in [-0.2, 0) is 16.1 Å². The first-order chi connectivity index (χ1) is 13.5. The predicted molar refractivity (Wildman–Crippen MR) is 106 cm³/mol. The number of amides is 2. The number of methoxy groups -OCH3 is 1. The number of halogens is 1. The minimum atomic E-state index is -0.484. The second-order valence-electron chi connectivity index (χ2n) is 5.87. The van der Waals surface area contributed by atoms with Crippen molar-refractivity contribution in [2.75, 3.05) is 19.0 Å². The molecule has 0 fully saturated rings. The van der Waals surface area contributed by atoms with E-state index in [1.807, 2.05) is 0 Å². The number of carbonyl (C=O) groups excluding carboxylic acids is 2. The highest BCUT2D eigenvalue weighted by molar-refractivity contribution is 6.32. The van der Waals surface area contributed by atoms with E-state index in [0.717, 1.165) is 0 Å². The zero-order valence-corrected chi connectivity index (χ0v) is 15.7. The highest BCUT2D eigenvalue weighted by Crippen LogP contribution is 2.27. The van der Waals surface area contributed by atoms with Crippen LogP contribution in [0.2, 0.25) is 5.02 Å². The minimum Gasteiger partial charge on any atom is -0.495 e. The summed E-state index contributed by atoms with van der Waals surface area (Å²) in [6.45, 7) is -0.490. The average molecular weight is 401 g/mol. The lowest BCUT2D eigenvalue weighted by Gasteiger charge is -2.10. The van der Waals surface area contributed by atoms with E-state index in [4.69, 9.17) is 16.3 Å². The lowest BCUT2D eigenvalue weighted by atomic mass is 10.2. The number of nitrogens with one attached hydrogen (secondary N) is 2. The Hall–Kier alpha value is -3.39. The number of benzene rings is 2. The number of para-hydroxylation sites is 1. The van der Waals surface area contributed by atoms with Crippen molar-refractivity contribution in [2.24, 2.45) is 0 Å². The fraction of sp³-hybridized carbons (Fsp3) is 0.158. The highest BCUT2D eigenvalue weighted by Gasteiger charge is 2.10. The van der Waals surface area contributed by atoms with Gasteiger partial charge in [0.1, 0.15) is 12.3 Å². The van der Waals surface area contributed by atoms with Gasteiger partial charge in [-0.3, -0.25) is 19.0 Å². The van der Waals surface area contributed by atoms with Crippen molar-refractivity contribution in [2.45, 2.75) is 6.54 Å². The smallest absolute Gasteiger partial charge is 0.261 e. The van der Waals surface area contributed by atoms with Gasteiger partial charge in [-0.1, -0.05) is 23.7 Å². The summed E-state index contributed by atoms with van der Waals surface area (Å²) < 4.78 is 6.24. The molecule has 2 aromatic carbocycles. The van der Waals surface area contributed by atoms with Crippen LogP contribution in [0.4, 0.5) is 5.69 Å². The van der Waals surface area contributed by atoms with Crippen LogP contribution in [0, 0.1) is 0 Å². The molecule has 144 valence electrons. The Morgan fingerprint density at radius 3 is 2.71 bits per heavy atom. The highest BCUT2D eigenvalue weighted by atomic mass is 35.5. The van der Waals surface area contributed by atoms with Gasteiger partial charge in [0, 0.05) is 5.69 Å². The van der Waals surface area contributed by atoms with Gasteiger partial charge in [0.15, 0.2) is 0 Å². The van der Waals surface area contributed by atoms with Crippen molar-refractivity contribution < 1.29 is 14.3 Å². The van der Waals surface area contributed by atoms with E-state index >= 15 is 0 Å². The van der Waals surface area contributed by atoms with Gasteiger partial charge in [-0.15, -0.1) is 0 Å². The van der Waals surface area contributed by atoms with Crippen molar-refractivity contribution in [3.05, 3.63) is 64.2 Å². The molecule has 1 aromatic heterocycles.